The Morgan fingerprint density at radius 2 is 1.67 bits per heavy atom. The third-order valence-electron chi connectivity index (χ3n) is 2.02. The summed E-state index contributed by atoms with van der Waals surface area (Å²) in [7, 11) is 0. The fraction of sp³-hybridized carbons (Fsp3) is 0.909. The molecule has 0 aliphatic rings. The second-order valence-electron chi connectivity index (χ2n) is 3.32. The molecule has 0 aliphatic heterocycles. The Morgan fingerprint density at radius 1 is 1.25 bits per heavy atom. The summed E-state index contributed by atoms with van der Waals surface area (Å²) in [4.78, 5) is 10.7. The van der Waals surface area contributed by atoms with Crippen molar-refractivity contribution < 1.29 is 4.79 Å². The second kappa shape index (κ2) is 8.76. The highest BCUT2D eigenvalue weighted by Gasteiger charge is 2.12. The lowest BCUT2D eigenvalue weighted by Gasteiger charge is -2.16. The molecule has 1 heteroatoms. The summed E-state index contributed by atoms with van der Waals surface area (Å²) in [6.45, 7) is 12.2. The van der Waals surface area contributed by atoms with Crippen LogP contribution >= 0.6 is 0 Å². The van der Waals surface area contributed by atoms with Gasteiger partial charge in [-0.1, -0.05) is 41.0 Å². The first-order chi connectivity index (χ1) is 5.57. The highest BCUT2D eigenvalue weighted by Crippen LogP contribution is 2.18. The van der Waals surface area contributed by atoms with Gasteiger partial charge in [-0.2, -0.15) is 0 Å². The molecule has 74 valence electrons. The fourth-order valence-corrected chi connectivity index (χ4v) is 1.22. The first-order valence-corrected chi connectivity index (χ1v) is 5.07. The highest BCUT2D eigenvalue weighted by molar-refractivity contribution is 5.75. The van der Waals surface area contributed by atoms with Gasteiger partial charge >= 0.3 is 0 Å². The Balaban J connectivity index is 0. The Morgan fingerprint density at radius 3 is 1.75 bits per heavy atom. The molecule has 1 nitrogen and oxygen atoms in total. The van der Waals surface area contributed by atoms with E-state index in [1.807, 2.05) is 13.8 Å². The van der Waals surface area contributed by atoms with Crippen molar-refractivity contribution in [3.8, 4) is 0 Å². The van der Waals surface area contributed by atoms with Gasteiger partial charge in [0.1, 0.15) is 5.78 Å². The number of carbonyl (C=O) groups excluding carboxylic acids is 1. The maximum Gasteiger partial charge on any atom is 0.130 e. The van der Waals surface area contributed by atoms with Crippen LogP contribution in [0.2, 0.25) is 0 Å². The third-order valence-corrected chi connectivity index (χ3v) is 2.02. The minimum atomic E-state index is 0.320. The number of Topliss-reactive ketones (excluding diaryl/α,β-unsaturated/α-hetero) is 1. The lowest BCUT2D eigenvalue weighted by atomic mass is 9.89. The van der Waals surface area contributed by atoms with Crippen LogP contribution in [0.3, 0.4) is 0 Å². The van der Waals surface area contributed by atoms with Crippen molar-refractivity contribution in [1.29, 1.82) is 0 Å². The Labute approximate surface area is 77.6 Å². The molecule has 0 spiro atoms. The molecule has 0 saturated carbocycles. The average molecular weight is 172 g/mol. The topological polar surface area (TPSA) is 17.1 Å². The van der Waals surface area contributed by atoms with Crippen LogP contribution in [-0.2, 0) is 4.79 Å². The van der Waals surface area contributed by atoms with Gasteiger partial charge in [0.15, 0.2) is 0 Å². The molecule has 0 rings (SSSR count). The molecule has 0 aromatic rings. The summed E-state index contributed by atoms with van der Waals surface area (Å²) in [5.41, 5.74) is 0. The summed E-state index contributed by atoms with van der Waals surface area (Å²) in [6.07, 6.45) is 1.88. The van der Waals surface area contributed by atoms with E-state index in [4.69, 9.17) is 0 Å². The molecule has 0 fully saturated rings. The monoisotopic (exact) mass is 172 g/mol. The van der Waals surface area contributed by atoms with E-state index < -0.39 is 0 Å². The molecule has 0 saturated heterocycles. The lowest BCUT2D eigenvalue weighted by Crippen LogP contribution is -2.11. The van der Waals surface area contributed by atoms with Crippen molar-refractivity contribution in [2.75, 3.05) is 0 Å². The predicted octanol–water partition coefficient (Wildman–Crippen LogP) is 3.67. The molecular weight excluding hydrogens is 148 g/mol. The zero-order chi connectivity index (χ0) is 10.1. The largest absolute Gasteiger partial charge is 0.300 e. The molecule has 0 aromatic carbocycles. The molecular formula is C11H24O. The van der Waals surface area contributed by atoms with Crippen molar-refractivity contribution in [1.82, 2.24) is 0 Å². The molecule has 0 radical (unpaired) electrons. The number of rotatable bonds is 4. The van der Waals surface area contributed by atoms with Gasteiger partial charge in [-0.3, -0.25) is 0 Å². The summed E-state index contributed by atoms with van der Waals surface area (Å²) in [5, 5.41) is 0. The zero-order valence-corrected chi connectivity index (χ0v) is 9.48. The van der Waals surface area contributed by atoms with Gasteiger partial charge < -0.3 is 4.79 Å². The van der Waals surface area contributed by atoms with Gasteiger partial charge in [0.25, 0.3) is 0 Å². The number of hydrogen-bond donors (Lipinski definition) is 0. The predicted molar refractivity (Wildman–Crippen MR) is 55.3 cm³/mol. The summed E-state index contributed by atoms with van der Waals surface area (Å²) in [5.74, 6) is 1.56. The van der Waals surface area contributed by atoms with Crippen LogP contribution in [0.5, 0.6) is 0 Å². The highest BCUT2D eigenvalue weighted by atomic mass is 16.1. The first kappa shape index (κ1) is 14.2. The van der Waals surface area contributed by atoms with Crippen LogP contribution in [0.25, 0.3) is 0 Å². The van der Waals surface area contributed by atoms with Gasteiger partial charge in [0.2, 0.25) is 0 Å². The van der Waals surface area contributed by atoms with Crippen LogP contribution in [0.4, 0.5) is 0 Å². The standard InChI is InChI=1S/C9H18O.C2H6/c1-5-9(7(2)3)6-8(4)10;1-2/h7,9H,5-6H2,1-4H3;1-2H3. The van der Waals surface area contributed by atoms with Gasteiger partial charge in [-0.25, -0.2) is 0 Å². The van der Waals surface area contributed by atoms with E-state index >= 15 is 0 Å². The van der Waals surface area contributed by atoms with E-state index in [1.54, 1.807) is 6.92 Å². The molecule has 1 unspecified atom stereocenters. The normalized spacial score (nSPS) is 11.9. The maximum atomic E-state index is 10.7. The zero-order valence-electron chi connectivity index (χ0n) is 9.48. The average Bonchev–Trinajstić information content (AvgIpc) is 2.03. The smallest absolute Gasteiger partial charge is 0.130 e. The minimum absolute atomic E-state index is 0.320. The van der Waals surface area contributed by atoms with Crippen LogP contribution < -0.4 is 0 Å². The third kappa shape index (κ3) is 7.77. The molecule has 12 heavy (non-hydrogen) atoms. The van der Waals surface area contributed by atoms with E-state index in [-0.39, 0.29) is 0 Å². The van der Waals surface area contributed by atoms with Crippen molar-refractivity contribution in [2.45, 2.75) is 54.4 Å². The molecule has 1 atom stereocenters. The first-order valence-electron chi connectivity index (χ1n) is 5.07. The van der Waals surface area contributed by atoms with Gasteiger partial charge in [-0.15, -0.1) is 0 Å². The van der Waals surface area contributed by atoms with Crippen LogP contribution in [0, 0.1) is 11.8 Å². The lowest BCUT2D eigenvalue weighted by molar-refractivity contribution is -0.118. The quantitative estimate of drug-likeness (QED) is 0.632. The summed E-state index contributed by atoms with van der Waals surface area (Å²) >= 11 is 0. The van der Waals surface area contributed by atoms with Gasteiger partial charge in [0.05, 0.1) is 0 Å². The van der Waals surface area contributed by atoms with Gasteiger partial charge in [0, 0.05) is 6.42 Å². The Kier molecular flexibility index (Phi) is 10.4. The van der Waals surface area contributed by atoms with Crippen molar-refractivity contribution >= 4 is 5.78 Å². The van der Waals surface area contributed by atoms with Crippen LogP contribution in [-0.4, -0.2) is 5.78 Å². The fourth-order valence-electron chi connectivity index (χ4n) is 1.22. The molecule has 0 aromatic heterocycles. The van der Waals surface area contributed by atoms with E-state index in [2.05, 4.69) is 20.8 Å². The number of ketones is 1. The Bertz CT molecular complexity index is 106. The molecule has 0 N–H and O–H groups in total. The van der Waals surface area contributed by atoms with E-state index in [9.17, 15) is 4.79 Å². The van der Waals surface area contributed by atoms with Crippen LogP contribution in [0.15, 0.2) is 0 Å². The Hall–Kier alpha value is -0.330. The molecule has 0 bridgehead atoms. The van der Waals surface area contributed by atoms with Crippen molar-refractivity contribution in [3.63, 3.8) is 0 Å². The molecule has 0 amide bonds. The molecule has 0 heterocycles. The van der Waals surface area contributed by atoms with Crippen molar-refractivity contribution in [2.24, 2.45) is 11.8 Å². The van der Waals surface area contributed by atoms with Gasteiger partial charge in [-0.05, 0) is 18.8 Å². The second-order valence-corrected chi connectivity index (χ2v) is 3.32. The number of hydrogen-bond acceptors (Lipinski definition) is 1. The van der Waals surface area contributed by atoms with E-state index in [0.717, 1.165) is 12.8 Å². The van der Waals surface area contributed by atoms with Crippen molar-refractivity contribution in [3.05, 3.63) is 0 Å². The summed E-state index contributed by atoms with van der Waals surface area (Å²) < 4.78 is 0. The SMILES string of the molecule is CC.CCC(CC(C)=O)C(C)C. The summed E-state index contributed by atoms with van der Waals surface area (Å²) in [6, 6.07) is 0. The van der Waals surface area contributed by atoms with E-state index in [1.165, 1.54) is 0 Å². The number of carbonyl (C=O) groups is 1. The minimum Gasteiger partial charge on any atom is -0.300 e. The maximum absolute atomic E-state index is 10.7. The van der Waals surface area contributed by atoms with Crippen LogP contribution in [0.1, 0.15) is 54.4 Å². The molecule has 0 aliphatic carbocycles. The van der Waals surface area contributed by atoms with E-state index in [0.29, 0.717) is 17.6 Å².